The van der Waals surface area contributed by atoms with Crippen molar-refractivity contribution < 1.29 is 0 Å². The monoisotopic (exact) mass is 312 g/mol. The molecule has 0 saturated heterocycles. The van der Waals surface area contributed by atoms with Crippen molar-refractivity contribution in [3.8, 4) is 0 Å². The maximum Gasteiger partial charge on any atom is 0.0205 e. The Kier molecular flexibility index (Phi) is 6.12. The topological polar surface area (TPSA) is 0 Å². The number of rotatable bonds is 7. The lowest BCUT2D eigenvalue weighted by Gasteiger charge is -2.36. The predicted molar refractivity (Wildman–Crippen MR) is 103 cm³/mol. The highest BCUT2D eigenvalue weighted by Crippen LogP contribution is 2.59. The summed E-state index contributed by atoms with van der Waals surface area (Å²) in [5.41, 5.74) is 6.49. The predicted octanol–water partition coefficient (Wildman–Crippen LogP) is 7.40. The van der Waals surface area contributed by atoms with Crippen LogP contribution in [0.5, 0.6) is 0 Å². The normalized spacial score (nSPS) is 31.5. The van der Waals surface area contributed by atoms with Gasteiger partial charge in [0.1, 0.15) is 0 Å². The zero-order valence-corrected chi connectivity index (χ0v) is 16.2. The van der Waals surface area contributed by atoms with Crippen molar-refractivity contribution in [2.24, 2.45) is 17.3 Å². The van der Waals surface area contributed by atoms with E-state index in [1.807, 2.05) is 0 Å². The molecular formula is C23H36. The molecule has 0 aromatic rings. The first-order chi connectivity index (χ1) is 11.0. The van der Waals surface area contributed by atoms with Gasteiger partial charge in [-0.25, -0.2) is 0 Å². The summed E-state index contributed by atoms with van der Waals surface area (Å²) in [5, 5.41) is 0. The lowest BCUT2D eigenvalue weighted by Crippen LogP contribution is -2.27. The van der Waals surface area contributed by atoms with E-state index in [9.17, 15) is 0 Å². The summed E-state index contributed by atoms with van der Waals surface area (Å²) in [5.74, 6) is 1.28. The second kappa shape index (κ2) is 7.69. The molecule has 0 aromatic carbocycles. The molecule has 0 fully saturated rings. The van der Waals surface area contributed by atoms with Crippen LogP contribution in [0.4, 0.5) is 0 Å². The third-order valence-corrected chi connectivity index (χ3v) is 6.30. The molecule has 0 radical (unpaired) electrons. The number of hydrogen-bond donors (Lipinski definition) is 0. The molecule has 0 nitrogen and oxygen atoms in total. The highest BCUT2D eigenvalue weighted by Gasteiger charge is 2.47. The first-order valence-electron chi connectivity index (χ1n) is 9.78. The van der Waals surface area contributed by atoms with Crippen molar-refractivity contribution >= 4 is 0 Å². The average molecular weight is 313 g/mol. The smallest absolute Gasteiger partial charge is 0.0205 e. The van der Waals surface area contributed by atoms with Crippen LogP contribution in [0.25, 0.3) is 0 Å². The van der Waals surface area contributed by atoms with Crippen LogP contribution in [0, 0.1) is 17.3 Å². The molecule has 0 spiro atoms. The van der Waals surface area contributed by atoms with Crippen LogP contribution >= 0.6 is 0 Å². The fourth-order valence-electron chi connectivity index (χ4n) is 4.73. The average Bonchev–Trinajstić information content (AvgIpc) is 3.04. The van der Waals surface area contributed by atoms with E-state index in [2.05, 4.69) is 65.8 Å². The van der Waals surface area contributed by atoms with Crippen LogP contribution in [0.3, 0.4) is 0 Å². The molecule has 3 atom stereocenters. The van der Waals surface area contributed by atoms with Gasteiger partial charge in [-0.05, 0) is 48.5 Å². The van der Waals surface area contributed by atoms with E-state index in [1.165, 1.54) is 44.1 Å². The molecule has 0 heteroatoms. The molecule has 2 aliphatic rings. The fourth-order valence-corrected chi connectivity index (χ4v) is 4.73. The molecule has 0 N–H and O–H groups in total. The van der Waals surface area contributed by atoms with E-state index < -0.39 is 0 Å². The Labute approximate surface area is 144 Å². The minimum atomic E-state index is 0.206. The van der Waals surface area contributed by atoms with Gasteiger partial charge in [0.05, 0.1) is 0 Å². The fraction of sp³-hybridized carbons (Fsp3) is 0.652. The van der Waals surface area contributed by atoms with Crippen molar-refractivity contribution in [1.29, 1.82) is 0 Å². The van der Waals surface area contributed by atoms with Gasteiger partial charge in [-0.2, -0.15) is 0 Å². The Morgan fingerprint density at radius 2 is 1.83 bits per heavy atom. The van der Waals surface area contributed by atoms with Crippen LogP contribution < -0.4 is 0 Å². The second-order valence-electron chi connectivity index (χ2n) is 7.69. The Balaban J connectivity index is 2.20. The van der Waals surface area contributed by atoms with E-state index in [0.717, 1.165) is 0 Å². The summed E-state index contributed by atoms with van der Waals surface area (Å²) in [7, 11) is 0. The van der Waals surface area contributed by atoms with E-state index >= 15 is 0 Å². The van der Waals surface area contributed by atoms with E-state index in [0.29, 0.717) is 11.8 Å². The molecule has 0 saturated carbocycles. The quantitative estimate of drug-likeness (QED) is 0.430. The van der Waals surface area contributed by atoms with Gasteiger partial charge in [0.25, 0.3) is 0 Å². The van der Waals surface area contributed by atoms with Crippen LogP contribution in [0.1, 0.15) is 80.1 Å². The Morgan fingerprint density at radius 1 is 1.13 bits per heavy atom. The molecule has 0 heterocycles. The largest absolute Gasteiger partial charge is 0.0829 e. The second-order valence-corrected chi connectivity index (χ2v) is 7.69. The van der Waals surface area contributed by atoms with Crippen molar-refractivity contribution in [2.75, 3.05) is 0 Å². The molecule has 3 unspecified atom stereocenters. The van der Waals surface area contributed by atoms with Crippen molar-refractivity contribution in [2.45, 2.75) is 80.1 Å². The van der Waals surface area contributed by atoms with Crippen LogP contribution in [0.2, 0.25) is 0 Å². The zero-order chi connectivity index (χ0) is 17.0. The van der Waals surface area contributed by atoms with Crippen LogP contribution in [-0.4, -0.2) is 0 Å². The first kappa shape index (κ1) is 18.3. The van der Waals surface area contributed by atoms with Gasteiger partial charge in [0.15, 0.2) is 0 Å². The van der Waals surface area contributed by atoms with Crippen LogP contribution in [-0.2, 0) is 0 Å². The van der Waals surface area contributed by atoms with Crippen molar-refractivity contribution in [3.05, 3.63) is 46.6 Å². The van der Waals surface area contributed by atoms with Gasteiger partial charge in [-0.15, -0.1) is 0 Å². The van der Waals surface area contributed by atoms with Gasteiger partial charge in [-0.3, -0.25) is 0 Å². The summed E-state index contributed by atoms with van der Waals surface area (Å²) in [6, 6.07) is 0. The third-order valence-electron chi connectivity index (χ3n) is 6.30. The summed E-state index contributed by atoms with van der Waals surface area (Å²) >= 11 is 0. The summed E-state index contributed by atoms with van der Waals surface area (Å²) in [6.07, 6.45) is 17.8. The minimum absolute atomic E-state index is 0.206. The van der Waals surface area contributed by atoms with Gasteiger partial charge in [0, 0.05) is 11.3 Å². The number of hydrogen-bond acceptors (Lipinski definition) is 0. The molecule has 23 heavy (non-hydrogen) atoms. The Hall–Kier alpha value is -1.04. The molecule has 2 rings (SSSR count). The van der Waals surface area contributed by atoms with E-state index in [-0.39, 0.29) is 5.41 Å². The van der Waals surface area contributed by atoms with Crippen molar-refractivity contribution in [3.63, 3.8) is 0 Å². The van der Waals surface area contributed by atoms with Gasteiger partial charge in [0.2, 0.25) is 0 Å². The molecule has 128 valence electrons. The zero-order valence-electron chi connectivity index (χ0n) is 16.2. The molecule has 2 aliphatic carbocycles. The van der Waals surface area contributed by atoms with E-state index in [1.54, 1.807) is 16.7 Å². The van der Waals surface area contributed by atoms with Crippen LogP contribution in [0.15, 0.2) is 46.6 Å². The maximum absolute atomic E-state index is 2.49. The molecular weight excluding hydrogens is 276 g/mol. The summed E-state index contributed by atoms with van der Waals surface area (Å²) in [4.78, 5) is 0. The lowest BCUT2D eigenvalue weighted by atomic mass is 9.67. The maximum atomic E-state index is 2.49. The highest BCUT2D eigenvalue weighted by atomic mass is 14.5. The molecule has 0 amide bonds. The molecule has 0 bridgehead atoms. The summed E-state index contributed by atoms with van der Waals surface area (Å²) < 4.78 is 0. The molecule has 0 aliphatic heterocycles. The van der Waals surface area contributed by atoms with Crippen molar-refractivity contribution in [1.82, 2.24) is 0 Å². The van der Waals surface area contributed by atoms with E-state index in [4.69, 9.17) is 0 Å². The summed E-state index contributed by atoms with van der Waals surface area (Å²) in [6.45, 7) is 14.0. The highest BCUT2D eigenvalue weighted by molar-refractivity contribution is 5.68. The SMILES string of the molecule is C/C=C1\C(=C/C)C2=C(C=CC2C)C1(C)C(C)CCCCCCC. The Morgan fingerprint density at radius 3 is 2.43 bits per heavy atom. The lowest BCUT2D eigenvalue weighted by molar-refractivity contribution is 0.300. The van der Waals surface area contributed by atoms with Gasteiger partial charge in [-0.1, -0.05) is 84.1 Å². The molecule has 0 aromatic heterocycles. The first-order valence-corrected chi connectivity index (χ1v) is 9.78. The minimum Gasteiger partial charge on any atom is -0.0829 e. The third kappa shape index (κ3) is 3.14. The number of allylic oxidation sites excluding steroid dienone is 8. The standard InChI is InChI=1S/C23H36/c1-7-10-11-12-13-14-18(5)23(6)20(9-3)19(8-2)22-17(4)15-16-21(22)23/h8-9,15-18H,7,10-14H2,1-6H3/b19-8+,20-9+. The Bertz CT molecular complexity index is 540. The number of unbranched alkanes of at least 4 members (excludes halogenated alkanes) is 4. The van der Waals surface area contributed by atoms with Gasteiger partial charge >= 0.3 is 0 Å². The van der Waals surface area contributed by atoms with Gasteiger partial charge < -0.3 is 0 Å².